The zero-order chi connectivity index (χ0) is 57.8. The van der Waals surface area contributed by atoms with Gasteiger partial charge in [0.15, 0.2) is 6.10 Å². The van der Waals surface area contributed by atoms with Crippen LogP contribution in [0.3, 0.4) is 0 Å². The summed E-state index contributed by atoms with van der Waals surface area (Å²) in [7, 11) is 0. The highest BCUT2D eigenvalue weighted by Crippen LogP contribution is 2.17. The van der Waals surface area contributed by atoms with Crippen molar-refractivity contribution < 1.29 is 28.6 Å². The van der Waals surface area contributed by atoms with Crippen molar-refractivity contribution in [2.45, 2.75) is 341 Å². The second kappa shape index (κ2) is 67.8. The first-order chi connectivity index (χ1) is 39.5. The van der Waals surface area contributed by atoms with E-state index in [4.69, 9.17) is 14.2 Å². The van der Waals surface area contributed by atoms with Crippen LogP contribution in [-0.2, 0) is 28.6 Å². The molecule has 6 heteroatoms. The van der Waals surface area contributed by atoms with Crippen molar-refractivity contribution in [3.8, 4) is 0 Å². The Kier molecular flexibility index (Phi) is 64.7. The quantitative estimate of drug-likeness (QED) is 0.0261. The Balaban J connectivity index is 4.26. The Morgan fingerprint density at radius 3 is 0.775 bits per heavy atom. The number of carbonyl (C=O) groups is 3. The van der Waals surface area contributed by atoms with Crippen molar-refractivity contribution in [1.82, 2.24) is 0 Å². The molecule has 460 valence electrons. The molecule has 0 aromatic rings. The van der Waals surface area contributed by atoms with Gasteiger partial charge in [-0.25, -0.2) is 0 Å². The second-order valence-electron chi connectivity index (χ2n) is 22.7. The maximum absolute atomic E-state index is 12.9. The molecular weight excluding hydrogens is 985 g/mol. The number of unbranched alkanes of at least 4 members (excludes halogenated alkanes) is 35. The Hall–Kier alpha value is -3.67. The van der Waals surface area contributed by atoms with Gasteiger partial charge in [-0.3, -0.25) is 14.4 Å². The highest BCUT2D eigenvalue weighted by atomic mass is 16.6. The van der Waals surface area contributed by atoms with Gasteiger partial charge in [0.2, 0.25) is 0 Å². The molecule has 1 unspecified atom stereocenters. The minimum atomic E-state index is -0.785. The summed E-state index contributed by atoms with van der Waals surface area (Å²) in [4.78, 5) is 38.4. The van der Waals surface area contributed by atoms with Gasteiger partial charge < -0.3 is 14.2 Å². The predicted molar refractivity (Wildman–Crippen MR) is 348 cm³/mol. The highest BCUT2D eigenvalue weighted by Gasteiger charge is 2.19. The normalized spacial score (nSPS) is 12.7. The zero-order valence-corrected chi connectivity index (χ0v) is 52.8. The van der Waals surface area contributed by atoms with Crippen LogP contribution in [0.15, 0.2) is 97.2 Å². The third kappa shape index (κ3) is 65.1. The van der Waals surface area contributed by atoms with Gasteiger partial charge in [-0.05, 0) is 103 Å². The fourth-order valence-corrected chi connectivity index (χ4v) is 9.71. The third-order valence-electron chi connectivity index (χ3n) is 14.8. The number of hydrogen-bond donors (Lipinski definition) is 0. The number of rotatable bonds is 62. The molecule has 0 N–H and O–H groups in total. The van der Waals surface area contributed by atoms with Crippen molar-refractivity contribution in [2.24, 2.45) is 0 Å². The molecule has 0 aliphatic rings. The molecule has 0 saturated carbocycles. The largest absolute Gasteiger partial charge is 0.462 e. The molecule has 0 amide bonds. The predicted octanol–water partition coefficient (Wildman–Crippen LogP) is 23.6. The molecule has 0 saturated heterocycles. The summed E-state index contributed by atoms with van der Waals surface area (Å²) in [6.45, 7) is 6.53. The van der Waals surface area contributed by atoms with Crippen molar-refractivity contribution in [2.75, 3.05) is 13.2 Å². The summed E-state index contributed by atoms with van der Waals surface area (Å²) >= 11 is 0. The fraction of sp³-hybridized carbons (Fsp3) is 0.743. The van der Waals surface area contributed by atoms with E-state index >= 15 is 0 Å². The molecule has 0 fully saturated rings. The van der Waals surface area contributed by atoms with E-state index in [2.05, 4.69) is 118 Å². The second-order valence-corrected chi connectivity index (χ2v) is 22.7. The summed E-state index contributed by atoms with van der Waals surface area (Å²) in [5.41, 5.74) is 0. The Bertz CT molecular complexity index is 1560. The molecule has 80 heavy (non-hydrogen) atoms. The van der Waals surface area contributed by atoms with E-state index in [1.807, 2.05) is 0 Å². The third-order valence-corrected chi connectivity index (χ3v) is 14.8. The molecule has 0 radical (unpaired) electrons. The van der Waals surface area contributed by atoms with Crippen LogP contribution in [0.25, 0.3) is 0 Å². The van der Waals surface area contributed by atoms with E-state index in [0.717, 1.165) is 122 Å². The van der Waals surface area contributed by atoms with E-state index in [1.165, 1.54) is 173 Å². The van der Waals surface area contributed by atoms with Crippen LogP contribution in [0.5, 0.6) is 0 Å². The standard InChI is InChI=1S/C74H128O6/c1-4-7-10-13-16-19-22-25-28-30-31-32-33-34-35-36-37-38-39-40-41-42-43-44-47-49-52-55-58-61-64-67-73(76)79-70-71(69-78-72(75)66-63-60-57-54-51-48-45-27-24-21-18-15-12-9-6-3)80-74(77)68-65-62-59-56-53-50-46-29-26-23-20-17-14-11-8-5-2/h7,10,16,19-20,23,25,28-29,31-32,34-35,37-38,46,71H,4-6,8-9,11-15,17-18,21-22,24,26-27,30,33,36,39-45,47-70H2,1-3H3/b10-7-,19-16-,23-20-,28-25-,32-31-,35-34-,38-37-,46-29-. The van der Waals surface area contributed by atoms with E-state index in [9.17, 15) is 14.4 Å². The van der Waals surface area contributed by atoms with Crippen LogP contribution in [0, 0.1) is 0 Å². The minimum absolute atomic E-state index is 0.0794. The lowest BCUT2D eigenvalue weighted by Crippen LogP contribution is -2.30. The van der Waals surface area contributed by atoms with E-state index in [0.29, 0.717) is 19.3 Å². The summed E-state index contributed by atoms with van der Waals surface area (Å²) in [5.74, 6) is -0.880. The first-order valence-electron chi connectivity index (χ1n) is 34.2. The van der Waals surface area contributed by atoms with Gasteiger partial charge in [-0.15, -0.1) is 0 Å². The van der Waals surface area contributed by atoms with Gasteiger partial charge in [-0.1, -0.05) is 311 Å². The Labute approximate surface area is 496 Å². The monoisotopic (exact) mass is 1110 g/mol. The van der Waals surface area contributed by atoms with Crippen LogP contribution in [0.1, 0.15) is 335 Å². The number of ether oxygens (including phenoxy) is 3. The molecule has 6 nitrogen and oxygen atoms in total. The maximum Gasteiger partial charge on any atom is 0.306 e. The van der Waals surface area contributed by atoms with Crippen LogP contribution >= 0.6 is 0 Å². The number of esters is 3. The van der Waals surface area contributed by atoms with Crippen molar-refractivity contribution in [3.05, 3.63) is 97.2 Å². The van der Waals surface area contributed by atoms with Gasteiger partial charge in [0.25, 0.3) is 0 Å². The molecule has 0 aliphatic carbocycles. The number of allylic oxidation sites excluding steroid dienone is 16. The molecule has 0 spiro atoms. The Morgan fingerprint density at radius 2 is 0.487 bits per heavy atom. The molecule has 0 bridgehead atoms. The maximum atomic E-state index is 12.9. The first-order valence-corrected chi connectivity index (χ1v) is 34.2. The first kappa shape index (κ1) is 76.3. The topological polar surface area (TPSA) is 78.9 Å². The van der Waals surface area contributed by atoms with Gasteiger partial charge in [0, 0.05) is 19.3 Å². The lowest BCUT2D eigenvalue weighted by Gasteiger charge is -2.18. The lowest BCUT2D eigenvalue weighted by molar-refractivity contribution is -0.167. The van der Waals surface area contributed by atoms with Crippen LogP contribution in [0.2, 0.25) is 0 Å². The number of carbonyl (C=O) groups excluding carboxylic acids is 3. The smallest absolute Gasteiger partial charge is 0.306 e. The number of hydrogen-bond acceptors (Lipinski definition) is 6. The van der Waals surface area contributed by atoms with Crippen molar-refractivity contribution in [1.29, 1.82) is 0 Å². The minimum Gasteiger partial charge on any atom is -0.462 e. The molecule has 0 heterocycles. The van der Waals surface area contributed by atoms with Crippen LogP contribution in [-0.4, -0.2) is 37.2 Å². The average Bonchev–Trinajstić information content (AvgIpc) is 3.46. The van der Waals surface area contributed by atoms with Crippen LogP contribution < -0.4 is 0 Å². The lowest BCUT2D eigenvalue weighted by atomic mass is 10.0. The van der Waals surface area contributed by atoms with Gasteiger partial charge in [0.1, 0.15) is 13.2 Å². The van der Waals surface area contributed by atoms with Gasteiger partial charge in [-0.2, -0.15) is 0 Å². The Morgan fingerprint density at radius 1 is 0.263 bits per heavy atom. The molecular formula is C74H128O6. The molecule has 0 aromatic heterocycles. The summed E-state index contributed by atoms with van der Waals surface area (Å²) < 4.78 is 17.0. The van der Waals surface area contributed by atoms with Crippen LogP contribution in [0.4, 0.5) is 0 Å². The van der Waals surface area contributed by atoms with E-state index < -0.39 is 6.10 Å². The van der Waals surface area contributed by atoms with Crippen molar-refractivity contribution >= 4 is 17.9 Å². The summed E-state index contributed by atoms with van der Waals surface area (Å²) in [6.07, 6.45) is 91.4. The molecule has 0 aliphatic heterocycles. The SMILES string of the molecule is CC/C=C\C/C=C\C/C=C\C/C=C\C/C=C\C/C=C\CCCCCCCCCCCCCCC(=O)OCC(COC(=O)CCCCCCCCCCCCCCCCC)OC(=O)CCCCCCC/C=C\C/C=C\CCCCCC. The average molecular weight is 1110 g/mol. The zero-order valence-electron chi connectivity index (χ0n) is 52.8. The van der Waals surface area contributed by atoms with Crippen molar-refractivity contribution in [3.63, 3.8) is 0 Å². The van der Waals surface area contributed by atoms with Gasteiger partial charge >= 0.3 is 17.9 Å². The summed E-state index contributed by atoms with van der Waals surface area (Å²) in [5, 5.41) is 0. The molecule has 1 atom stereocenters. The van der Waals surface area contributed by atoms with Gasteiger partial charge in [0.05, 0.1) is 0 Å². The summed E-state index contributed by atoms with van der Waals surface area (Å²) in [6, 6.07) is 0. The highest BCUT2D eigenvalue weighted by molar-refractivity contribution is 5.71. The van der Waals surface area contributed by atoms with E-state index in [1.54, 1.807) is 0 Å². The van der Waals surface area contributed by atoms with E-state index in [-0.39, 0.29) is 31.1 Å². The fourth-order valence-electron chi connectivity index (χ4n) is 9.71. The molecule has 0 aromatic carbocycles. The molecule has 0 rings (SSSR count).